The topological polar surface area (TPSA) is 79.5 Å². The molecule has 0 radical (unpaired) electrons. The number of carbonyl (C=O) groups excluding carboxylic acids is 2. The Morgan fingerprint density at radius 1 is 1.00 bits per heavy atom. The molecule has 2 N–H and O–H groups in total. The molecule has 2 amide bonds. The van der Waals surface area contributed by atoms with E-state index in [2.05, 4.69) is 30.0 Å². The number of amides is 2. The molecule has 6 heteroatoms. The number of primary amides is 1. The molecule has 0 spiro atoms. The zero-order valence-electron chi connectivity index (χ0n) is 16.4. The maximum atomic E-state index is 12.9. The minimum atomic E-state index is -0.237. The summed E-state index contributed by atoms with van der Waals surface area (Å²) in [6, 6.07) is 10.4. The molecule has 0 aliphatic carbocycles. The number of aromatic nitrogens is 1. The summed E-state index contributed by atoms with van der Waals surface area (Å²) in [5.41, 5.74) is 7.65. The molecule has 0 atom stereocenters. The molecule has 2 saturated heterocycles. The highest BCUT2D eigenvalue weighted by Gasteiger charge is 2.32. The molecule has 2 aromatic rings. The van der Waals surface area contributed by atoms with Crippen LogP contribution in [0.5, 0.6) is 0 Å². The number of para-hydroxylation sites is 1. The smallest absolute Gasteiger partial charge is 0.225 e. The summed E-state index contributed by atoms with van der Waals surface area (Å²) in [6.45, 7) is 5.12. The number of carbonyl (C=O) groups is 2. The van der Waals surface area contributed by atoms with Gasteiger partial charge >= 0.3 is 0 Å². The van der Waals surface area contributed by atoms with Gasteiger partial charge in [0.25, 0.3) is 0 Å². The molecule has 148 valence electrons. The lowest BCUT2D eigenvalue weighted by Gasteiger charge is -2.37. The summed E-state index contributed by atoms with van der Waals surface area (Å²) in [6.07, 6.45) is 3.09. The van der Waals surface area contributed by atoms with Crippen LogP contribution in [0.25, 0.3) is 10.9 Å². The fourth-order valence-electron chi connectivity index (χ4n) is 4.49. The highest BCUT2D eigenvalue weighted by atomic mass is 16.2. The number of piperidine rings is 2. The van der Waals surface area contributed by atoms with E-state index in [0.29, 0.717) is 25.9 Å². The van der Waals surface area contributed by atoms with Gasteiger partial charge in [0.2, 0.25) is 11.8 Å². The van der Waals surface area contributed by atoms with Gasteiger partial charge in [-0.15, -0.1) is 0 Å². The lowest BCUT2D eigenvalue weighted by atomic mass is 9.92. The lowest BCUT2D eigenvalue weighted by Crippen LogP contribution is -2.47. The van der Waals surface area contributed by atoms with E-state index in [1.165, 1.54) is 10.9 Å². The van der Waals surface area contributed by atoms with Crippen LogP contribution >= 0.6 is 0 Å². The van der Waals surface area contributed by atoms with E-state index in [1.54, 1.807) is 0 Å². The number of hydrogen-bond acceptors (Lipinski definition) is 4. The van der Waals surface area contributed by atoms with Crippen molar-refractivity contribution in [2.45, 2.75) is 32.6 Å². The first-order chi connectivity index (χ1) is 13.5. The Bertz CT molecular complexity index is 881. The average Bonchev–Trinajstić information content (AvgIpc) is 2.73. The molecule has 0 bridgehead atoms. The van der Waals surface area contributed by atoms with Gasteiger partial charge < -0.3 is 15.5 Å². The van der Waals surface area contributed by atoms with Gasteiger partial charge in [-0.1, -0.05) is 18.2 Å². The van der Waals surface area contributed by atoms with E-state index in [9.17, 15) is 9.59 Å². The first-order valence-electron chi connectivity index (χ1n) is 10.2. The molecule has 28 heavy (non-hydrogen) atoms. The number of benzene rings is 1. The maximum Gasteiger partial charge on any atom is 0.225 e. The minimum absolute atomic E-state index is 0.0722. The SMILES string of the molecule is Cc1cc(N2CCC(C(=O)N3CCC(C(N)=O)CC3)CC2)nc2ccccc12. The lowest BCUT2D eigenvalue weighted by molar-refractivity contribution is -0.139. The molecular formula is C22H28N4O2. The Hall–Kier alpha value is -2.63. The van der Waals surface area contributed by atoms with Crippen molar-refractivity contribution < 1.29 is 9.59 Å². The fraction of sp³-hybridized carbons (Fsp3) is 0.500. The van der Waals surface area contributed by atoms with E-state index in [-0.39, 0.29) is 23.7 Å². The van der Waals surface area contributed by atoms with Crippen molar-refractivity contribution in [1.29, 1.82) is 0 Å². The van der Waals surface area contributed by atoms with E-state index in [0.717, 1.165) is 37.3 Å². The molecule has 4 rings (SSSR count). The van der Waals surface area contributed by atoms with Crippen LogP contribution in [-0.2, 0) is 9.59 Å². The number of nitrogens with two attached hydrogens (primary N) is 1. The fourth-order valence-corrected chi connectivity index (χ4v) is 4.49. The number of pyridine rings is 1. The third kappa shape index (κ3) is 3.68. The third-order valence-corrected chi connectivity index (χ3v) is 6.29. The van der Waals surface area contributed by atoms with Gasteiger partial charge in [-0.3, -0.25) is 9.59 Å². The molecule has 2 aliphatic rings. The van der Waals surface area contributed by atoms with Crippen molar-refractivity contribution >= 4 is 28.5 Å². The van der Waals surface area contributed by atoms with Crippen molar-refractivity contribution in [3.05, 3.63) is 35.9 Å². The monoisotopic (exact) mass is 380 g/mol. The van der Waals surface area contributed by atoms with Crippen LogP contribution < -0.4 is 10.6 Å². The van der Waals surface area contributed by atoms with Crippen molar-refractivity contribution in [3.8, 4) is 0 Å². The highest BCUT2D eigenvalue weighted by Crippen LogP contribution is 2.28. The summed E-state index contributed by atoms with van der Waals surface area (Å²) in [5.74, 6) is 1.00. The van der Waals surface area contributed by atoms with Gasteiger partial charge in [-0.05, 0) is 50.3 Å². The van der Waals surface area contributed by atoms with E-state index in [4.69, 9.17) is 10.7 Å². The van der Waals surface area contributed by atoms with Crippen molar-refractivity contribution in [2.75, 3.05) is 31.1 Å². The van der Waals surface area contributed by atoms with E-state index >= 15 is 0 Å². The predicted octanol–water partition coefficient (Wildman–Crippen LogP) is 2.48. The molecule has 1 aromatic carbocycles. The van der Waals surface area contributed by atoms with Gasteiger partial charge in [0, 0.05) is 43.4 Å². The van der Waals surface area contributed by atoms with Crippen molar-refractivity contribution in [2.24, 2.45) is 17.6 Å². The quantitative estimate of drug-likeness (QED) is 0.887. The first kappa shape index (κ1) is 18.7. The molecule has 2 fully saturated rings. The number of hydrogen-bond donors (Lipinski definition) is 1. The highest BCUT2D eigenvalue weighted by molar-refractivity contribution is 5.84. The Kier molecular flexibility index (Phi) is 5.20. The second-order valence-electron chi connectivity index (χ2n) is 8.08. The number of aryl methyl sites for hydroxylation is 1. The Morgan fingerprint density at radius 2 is 1.64 bits per heavy atom. The number of fused-ring (bicyclic) bond motifs is 1. The van der Waals surface area contributed by atoms with Gasteiger partial charge in [-0.2, -0.15) is 0 Å². The van der Waals surface area contributed by atoms with Gasteiger partial charge in [0.05, 0.1) is 5.52 Å². The summed E-state index contributed by atoms with van der Waals surface area (Å²) in [5, 5.41) is 1.19. The van der Waals surface area contributed by atoms with Gasteiger partial charge in [0.15, 0.2) is 0 Å². The van der Waals surface area contributed by atoms with Crippen LogP contribution in [0.15, 0.2) is 30.3 Å². The first-order valence-corrected chi connectivity index (χ1v) is 10.2. The Labute approximate surface area is 165 Å². The Balaban J connectivity index is 1.37. The molecular weight excluding hydrogens is 352 g/mol. The Morgan fingerprint density at radius 3 is 2.32 bits per heavy atom. The van der Waals surface area contributed by atoms with Crippen molar-refractivity contribution in [1.82, 2.24) is 9.88 Å². The molecule has 6 nitrogen and oxygen atoms in total. The minimum Gasteiger partial charge on any atom is -0.369 e. The van der Waals surface area contributed by atoms with E-state index in [1.807, 2.05) is 17.0 Å². The van der Waals surface area contributed by atoms with Crippen LogP contribution in [0, 0.1) is 18.8 Å². The van der Waals surface area contributed by atoms with Crippen LogP contribution in [-0.4, -0.2) is 47.9 Å². The normalized spacial score (nSPS) is 19.2. The van der Waals surface area contributed by atoms with Crippen LogP contribution in [0.1, 0.15) is 31.2 Å². The molecule has 0 saturated carbocycles. The number of rotatable bonds is 3. The second-order valence-corrected chi connectivity index (χ2v) is 8.08. The maximum absolute atomic E-state index is 12.9. The summed E-state index contributed by atoms with van der Waals surface area (Å²) in [4.78, 5) is 33.2. The van der Waals surface area contributed by atoms with Gasteiger partial charge in [-0.25, -0.2) is 4.98 Å². The zero-order chi connectivity index (χ0) is 19.7. The van der Waals surface area contributed by atoms with Gasteiger partial charge in [0.1, 0.15) is 5.82 Å². The molecule has 3 heterocycles. The number of anilines is 1. The molecule has 2 aliphatic heterocycles. The molecule has 1 aromatic heterocycles. The predicted molar refractivity (Wildman–Crippen MR) is 110 cm³/mol. The summed E-state index contributed by atoms with van der Waals surface area (Å²) >= 11 is 0. The third-order valence-electron chi connectivity index (χ3n) is 6.29. The van der Waals surface area contributed by atoms with Crippen molar-refractivity contribution in [3.63, 3.8) is 0 Å². The summed E-state index contributed by atoms with van der Waals surface area (Å²) < 4.78 is 0. The number of nitrogens with zero attached hydrogens (tertiary/aromatic N) is 3. The summed E-state index contributed by atoms with van der Waals surface area (Å²) in [7, 11) is 0. The average molecular weight is 380 g/mol. The van der Waals surface area contributed by atoms with Crippen LogP contribution in [0.2, 0.25) is 0 Å². The second kappa shape index (κ2) is 7.78. The largest absolute Gasteiger partial charge is 0.369 e. The molecule has 0 unspecified atom stereocenters. The standard InChI is InChI=1S/C22H28N4O2/c1-15-14-20(24-19-5-3-2-4-18(15)19)25-10-8-17(9-11-25)22(28)26-12-6-16(7-13-26)21(23)27/h2-5,14,16-17H,6-13H2,1H3,(H2,23,27). The van der Waals surface area contributed by atoms with Crippen LogP contribution in [0.3, 0.4) is 0 Å². The zero-order valence-corrected chi connectivity index (χ0v) is 16.4. The van der Waals surface area contributed by atoms with E-state index < -0.39 is 0 Å². The van der Waals surface area contributed by atoms with Crippen LogP contribution in [0.4, 0.5) is 5.82 Å². The number of likely N-dealkylation sites (tertiary alicyclic amines) is 1.